The summed E-state index contributed by atoms with van der Waals surface area (Å²) in [6.07, 6.45) is 14.5. The molecule has 4 heteroatoms. The van der Waals surface area contributed by atoms with E-state index in [0.29, 0.717) is 18.4 Å². The van der Waals surface area contributed by atoms with Gasteiger partial charge in [0.05, 0.1) is 18.4 Å². The van der Waals surface area contributed by atoms with Gasteiger partial charge >= 0.3 is 11.9 Å². The second-order valence-corrected chi connectivity index (χ2v) is 10.1. The standard InChI is InChI=1S/C24H38O4/c1-2-3-4-7-10-27-23(25)20-8-5-6-9-21(20)24(26)28-22-18-12-16-11-17(14-18)15-19(22)13-16/h16-22H,2-15H2,1H3. The van der Waals surface area contributed by atoms with Crippen LogP contribution in [0.2, 0.25) is 0 Å². The molecule has 5 saturated carbocycles. The molecule has 0 radical (unpaired) electrons. The van der Waals surface area contributed by atoms with Crippen LogP contribution in [0.1, 0.15) is 90.4 Å². The molecule has 0 aromatic rings. The minimum atomic E-state index is -0.288. The first-order chi connectivity index (χ1) is 13.7. The fourth-order valence-corrected chi connectivity index (χ4v) is 6.79. The van der Waals surface area contributed by atoms with E-state index in [0.717, 1.165) is 50.4 Å². The SMILES string of the molecule is CCCCCCOC(=O)C1CCCCC1C(=O)OC1C2CC3CC(C2)CC1C3. The summed E-state index contributed by atoms with van der Waals surface area (Å²) in [4.78, 5) is 25.7. The average molecular weight is 391 g/mol. The Morgan fingerprint density at radius 1 is 0.786 bits per heavy atom. The Bertz CT molecular complexity index is 529. The molecule has 5 fully saturated rings. The fraction of sp³-hybridized carbons (Fsp3) is 0.917. The Hall–Kier alpha value is -1.06. The van der Waals surface area contributed by atoms with Gasteiger partial charge in [-0.25, -0.2) is 0 Å². The van der Waals surface area contributed by atoms with Crippen molar-refractivity contribution in [2.45, 2.75) is 96.5 Å². The van der Waals surface area contributed by atoms with Crippen molar-refractivity contribution in [3.63, 3.8) is 0 Å². The molecule has 158 valence electrons. The number of unbranched alkanes of at least 4 members (excludes halogenated alkanes) is 3. The van der Waals surface area contributed by atoms with Gasteiger partial charge in [0, 0.05) is 0 Å². The number of hydrogen-bond donors (Lipinski definition) is 0. The highest BCUT2D eigenvalue weighted by molar-refractivity contribution is 5.82. The Morgan fingerprint density at radius 2 is 1.39 bits per heavy atom. The minimum Gasteiger partial charge on any atom is -0.465 e. The van der Waals surface area contributed by atoms with E-state index in [1.807, 2.05) is 0 Å². The summed E-state index contributed by atoms with van der Waals surface area (Å²) in [6.45, 7) is 2.67. The van der Waals surface area contributed by atoms with Crippen molar-refractivity contribution in [1.29, 1.82) is 0 Å². The van der Waals surface area contributed by atoms with E-state index in [1.54, 1.807) is 0 Å². The van der Waals surface area contributed by atoms with Gasteiger partial charge in [-0.3, -0.25) is 9.59 Å². The molecule has 4 bridgehead atoms. The molecule has 0 aromatic heterocycles. The van der Waals surface area contributed by atoms with Crippen LogP contribution in [0.25, 0.3) is 0 Å². The highest BCUT2D eigenvalue weighted by atomic mass is 16.5. The van der Waals surface area contributed by atoms with Gasteiger partial charge in [0.15, 0.2) is 0 Å². The van der Waals surface area contributed by atoms with E-state index in [2.05, 4.69) is 6.92 Å². The van der Waals surface area contributed by atoms with E-state index >= 15 is 0 Å². The van der Waals surface area contributed by atoms with Gasteiger partial charge in [0.1, 0.15) is 6.10 Å². The molecule has 2 atom stereocenters. The quantitative estimate of drug-likeness (QED) is 0.418. The molecule has 0 amide bonds. The smallest absolute Gasteiger partial charge is 0.310 e. The lowest BCUT2D eigenvalue weighted by molar-refractivity contribution is -0.181. The summed E-state index contributed by atoms with van der Waals surface area (Å²) in [6, 6.07) is 0. The van der Waals surface area contributed by atoms with E-state index in [-0.39, 0.29) is 29.9 Å². The van der Waals surface area contributed by atoms with Gasteiger partial charge in [-0.15, -0.1) is 0 Å². The van der Waals surface area contributed by atoms with Gasteiger partial charge in [-0.2, -0.15) is 0 Å². The van der Waals surface area contributed by atoms with Crippen LogP contribution < -0.4 is 0 Å². The minimum absolute atomic E-state index is 0.106. The summed E-state index contributed by atoms with van der Waals surface area (Å²) in [5, 5.41) is 0. The van der Waals surface area contributed by atoms with Crippen LogP contribution in [0.15, 0.2) is 0 Å². The van der Waals surface area contributed by atoms with Crippen LogP contribution in [0.3, 0.4) is 0 Å². The van der Waals surface area contributed by atoms with Gasteiger partial charge in [-0.1, -0.05) is 39.0 Å². The van der Waals surface area contributed by atoms with Crippen molar-refractivity contribution in [3.8, 4) is 0 Å². The molecule has 0 aliphatic heterocycles. The highest BCUT2D eigenvalue weighted by Gasteiger charge is 2.50. The molecule has 5 aliphatic carbocycles. The van der Waals surface area contributed by atoms with Crippen LogP contribution in [-0.2, 0) is 19.1 Å². The number of hydrogen-bond acceptors (Lipinski definition) is 4. The molecular formula is C24H38O4. The largest absolute Gasteiger partial charge is 0.465 e. The third-order valence-corrected chi connectivity index (χ3v) is 8.01. The van der Waals surface area contributed by atoms with Gasteiger partial charge < -0.3 is 9.47 Å². The summed E-state index contributed by atoms with van der Waals surface area (Å²) in [5.74, 6) is 2.07. The first-order valence-corrected chi connectivity index (χ1v) is 12.0. The normalized spacial score (nSPS) is 39.0. The van der Waals surface area contributed by atoms with Crippen molar-refractivity contribution < 1.29 is 19.1 Å². The maximum atomic E-state index is 13.1. The molecule has 0 saturated heterocycles. The molecule has 2 unspecified atom stereocenters. The molecule has 0 spiro atoms. The lowest BCUT2D eigenvalue weighted by Crippen LogP contribution is -2.51. The van der Waals surface area contributed by atoms with E-state index in [9.17, 15) is 9.59 Å². The zero-order valence-corrected chi connectivity index (χ0v) is 17.6. The van der Waals surface area contributed by atoms with Crippen molar-refractivity contribution >= 4 is 11.9 Å². The van der Waals surface area contributed by atoms with Crippen LogP contribution in [0.4, 0.5) is 0 Å². The number of carbonyl (C=O) groups is 2. The third kappa shape index (κ3) is 4.41. The topological polar surface area (TPSA) is 52.6 Å². The number of ether oxygens (including phenoxy) is 2. The second kappa shape index (κ2) is 9.17. The van der Waals surface area contributed by atoms with E-state index < -0.39 is 0 Å². The number of carbonyl (C=O) groups excluding carboxylic acids is 2. The molecule has 4 nitrogen and oxygen atoms in total. The average Bonchev–Trinajstić information content (AvgIpc) is 2.69. The molecule has 28 heavy (non-hydrogen) atoms. The highest BCUT2D eigenvalue weighted by Crippen LogP contribution is 2.55. The first kappa shape index (κ1) is 20.2. The van der Waals surface area contributed by atoms with Crippen molar-refractivity contribution in [1.82, 2.24) is 0 Å². The van der Waals surface area contributed by atoms with Crippen LogP contribution in [0.5, 0.6) is 0 Å². The summed E-state index contributed by atoms with van der Waals surface area (Å²) < 4.78 is 11.7. The van der Waals surface area contributed by atoms with E-state index in [1.165, 1.54) is 44.9 Å². The Labute approximate surface area is 170 Å². The lowest BCUT2D eigenvalue weighted by atomic mass is 9.55. The predicted molar refractivity (Wildman–Crippen MR) is 107 cm³/mol. The monoisotopic (exact) mass is 390 g/mol. The number of esters is 2. The Morgan fingerprint density at radius 3 is 2.00 bits per heavy atom. The van der Waals surface area contributed by atoms with Crippen molar-refractivity contribution in [3.05, 3.63) is 0 Å². The second-order valence-electron chi connectivity index (χ2n) is 10.1. The van der Waals surface area contributed by atoms with Crippen molar-refractivity contribution in [2.75, 3.05) is 6.61 Å². The Kier molecular flexibility index (Phi) is 6.62. The summed E-state index contributed by atoms with van der Waals surface area (Å²) in [7, 11) is 0. The summed E-state index contributed by atoms with van der Waals surface area (Å²) >= 11 is 0. The van der Waals surface area contributed by atoms with Crippen LogP contribution >= 0.6 is 0 Å². The number of rotatable bonds is 8. The van der Waals surface area contributed by atoms with Gasteiger partial charge in [-0.05, 0) is 75.0 Å². The first-order valence-electron chi connectivity index (χ1n) is 12.0. The van der Waals surface area contributed by atoms with Crippen LogP contribution in [0, 0.1) is 35.5 Å². The molecule has 0 N–H and O–H groups in total. The third-order valence-electron chi connectivity index (χ3n) is 8.01. The van der Waals surface area contributed by atoms with Gasteiger partial charge in [0.2, 0.25) is 0 Å². The Balaban J connectivity index is 1.31. The molecule has 5 rings (SSSR count). The van der Waals surface area contributed by atoms with Crippen molar-refractivity contribution in [2.24, 2.45) is 35.5 Å². The molecule has 0 heterocycles. The zero-order valence-electron chi connectivity index (χ0n) is 17.6. The fourth-order valence-electron chi connectivity index (χ4n) is 6.79. The maximum absolute atomic E-state index is 13.1. The zero-order chi connectivity index (χ0) is 19.5. The van der Waals surface area contributed by atoms with E-state index in [4.69, 9.17) is 9.47 Å². The molecular weight excluding hydrogens is 352 g/mol. The summed E-state index contributed by atoms with van der Waals surface area (Å²) in [5.41, 5.74) is 0. The molecule has 0 aromatic carbocycles. The van der Waals surface area contributed by atoms with Crippen LogP contribution in [-0.4, -0.2) is 24.6 Å². The lowest BCUT2D eigenvalue weighted by Gasteiger charge is -2.53. The molecule has 5 aliphatic rings. The predicted octanol–water partition coefficient (Wildman–Crippen LogP) is 5.28. The maximum Gasteiger partial charge on any atom is 0.310 e. The van der Waals surface area contributed by atoms with Gasteiger partial charge in [0.25, 0.3) is 0 Å².